The summed E-state index contributed by atoms with van der Waals surface area (Å²) in [5.41, 5.74) is 3.93. The van der Waals surface area contributed by atoms with E-state index in [9.17, 15) is 9.90 Å². The average Bonchev–Trinajstić information content (AvgIpc) is 2.83. The van der Waals surface area contributed by atoms with Crippen LogP contribution in [0.15, 0.2) is 42.5 Å². The zero-order valence-corrected chi connectivity index (χ0v) is 11.9. The van der Waals surface area contributed by atoms with Gasteiger partial charge in [0.15, 0.2) is 0 Å². The van der Waals surface area contributed by atoms with Gasteiger partial charge in [0.2, 0.25) is 5.91 Å². The molecule has 1 aliphatic rings. The van der Waals surface area contributed by atoms with Crippen molar-refractivity contribution in [3.8, 4) is 5.75 Å². The molecule has 21 heavy (non-hydrogen) atoms. The van der Waals surface area contributed by atoms with E-state index in [2.05, 4.69) is 16.7 Å². The molecular weight excluding hydrogens is 264 g/mol. The van der Waals surface area contributed by atoms with E-state index in [-0.39, 0.29) is 11.9 Å². The summed E-state index contributed by atoms with van der Waals surface area (Å²) in [5, 5.41) is 16.1. The van der Waals surface area contributed by atoms with Gasteiger partial charge in [0, 0.05) is 18.3 Å². The highest BCUT2D eigenvalue weighted by Crippen LogP contribution is 2.38. The maximum absolute atomic E-state index is 11.1. The molecule has 0 fully saturated rings. The number of hydrogen-bond acceptors (Lipinski definition) is 3. The van der Waals surface area contributed by atoms with Crippen LogP contribution in [0.2, 0.25) is 0 Å². The molecule has 3 N–H and O–H groups in total. The van der Waals surface area contributed by atoms with Crippen LogP contribution in [-0.2, 0) is 11.2 Å². The Morgan fingerprint density at radius 1 is 1.19 bits per heavy atom. The molecule has 2 aromatic rings. The van der Waals surface area contributed by atoms with E-state index < -0.39 is 0 Å². The van der Waals surface area contributed by atoms with E-state index in [1.807, 2.05) is 30.3 Å². The second-order valence-electron chi connectivity index (χ2n) is 5.34. The topological polar surface area (TPSA) is 61.4 Å². The van der Waals surface area contributed by atoms with E-state index in [0.29, 0.717) is 5.75 Å². The summed E-state index contributed by atoms with van der Waals surface area (Å²) in [7, 11) is 0. The molecule has 3 rings (SSSR count). The number of phenolic OH excluding ortho intramolecular Hbond substituents is 1. The standard InChI is InChI=1S/C17H18N2O2/c1-11(20)18-12-4-2-5-13(10-12)19-16-9-8-15-14(16)6-3-7-17(15)21/h2-7,10,16,19,21H,8-9H2,1H3,(H,18,20). The third-order valence-electron chi connectivity index (χ3n) is 3.77. The molecule has 1 aliphatic carbocycles. The highest BCUT2D eigenvalue weighted by Gasteiger charge is 2.24. The zero-order valence-electron chi connectivity index (χ0n) is 11.9. The second-order valence-corrected chi connectivity index (χ2v) is 5.34. The third-order valence-corrected chi connectivity index (χ3v) is 3.77. The van der Waals surface area contributed by atoms with Gasteiger partial charge in [-0.1, -0.05) is 18.2 Å². The largest absolute Gasteiger partial charge is 0.508 e. The first-order valence-corrected chi connectivity index (χ1v) is 7.08. The first-order chi connectivity index (χ1) is 10.1. The van der Waals surface area contributed by atoms with Crippen LogP contribution in [-0.4, -0.2) is 11.0 Å². The normalized spacial score (nSPS) is 16.3. The summed E-state index contributed by atoms with van der Waals surface area (Å²) in [4.78, 5) is 11.1. The lowest BCUT2D eigenvalue weighted by Gasteiger charge is -2.16. The van der Waals surface area contributed by atoms with Gasteiger partial charge in [-0.2, -0.15) is 0 Å². The molecule has 0 aromatic heterocycles. The smallest absolute Gasteiger partial charge is 0.221 e. The van der Waals surface area contributed by atoms with Crippen LogP contribution in [0.3, 0.4) is 0 Å². The average molecular weight is 282 g/mol. The molecule has 1 unspecified atom stereocenters. The maximum atomic E-state index is 11.1. The molecule has 4 heteroatoms. The minimum Gasteiger partial charge on any atom is -0.508 e. The molecule has 1 atom stereocenters. The molecule has 1 amide bonds. The summed E-state index contributed by atoms with van der Waals surface area (Å²) in [6.45, 7) is 1.50. The Hall–Kier alpha value is -2.49. The van der Waals surface area contributed by atoms with Crippen LogP contribution in [0.1, 0.15) is 30.5 Å². The van der Waals surface area contributed by atoms with Crippen LogP contribution in [0, 0.1) is 0 Å². The number of carbonyl (C=O) groups excluding carboxylic acids is 1. The van der Waals surface area contributed by atoms with Gasteiger partial charge < -0.3 is 15.7 Å². The van der Waals surface area contributed by atoms with Crippen LogP contribution >= 0.6 is 0 Å². The Kier molecular flexibility index (Phi) is 3.52. The minimum absolute atomic E-state index is 0.0803. The fourth-order valence-electron chi connectivity index (χ4n) is 2.88. The van der Waals surface area contributed by atoms with Crippen LogP contribution in [0.25, 0.3) is 0 Å². The fourth-order valence-corrected chi connectivity index (χ4v) is 2.88. The molecule has 2 aromatic carbocycles. The Morgan fingerprint density at radius 2 is 1.95 bits per heavy atom. The lowest BCUT2D eigenvalue weighted by atomic mass is 10.1. The summed E-state index contributed by atoms with van der Waals surface area (Å²) < 4.78 is 0. The lowest BCUT2D eigenvalue weighted by molar-refractivity contribution is -0.114. The molecule has 0 saturated carbocycles. The number of benzene rings is 2. The van der Waals surface area contributed by atoms with Gasteiger partial charge in [-0.3, -0.25) is 4.79 Å². The first kappa shape index (κ1) is 13.5. The predicted octanol–water partition coefficient (Wildman–Crippen LogP) is 3.45. The molecular formula is C17H18N2O2. The van der Waals surface area contributed by atoms with Crippen molar-refractivity contribution in [3.05, 3.63) is 53.6 Å². The summed E-state index contributed by atoms with van der Waals surface area (Å²) in [6.07, 6.45) is 1.84. The zero-order chi connectivity index (χ0) is 14.8. The molecule has 0 spiro atoms. The quantitative estimate of drug-likeness (QED) is 0.808. The molecule has 0 saturated heterocycles. The maximum Gasteiger partial charge on any atom is 0.221 e. The SMILES string of the molecule is CC(=O)Nc1cccc(NC2CCc3c(O)cccc32)c1. The molecule has 4 nitrogen and oxygen atoms in total. The first-order valence-electron chi connectivity index (χ1n) is 7.08. The van der Waals surface area contributed by atoms with Gasteiger partial charge >= 0.3 is 0 Å². The van der Waals surface area contributed by atoms with Crippen molar-refractivity contribution in [2.75, 3.05) is 10.6 Å². The van der Waals surface area contributed by atoms with Crippen molar-refractivity contribution in [3.63, 3.8) is 0 Å². The van der Waals surface area contributed by atoms with Crippen molar-refractivity contribution < 1.29 is 9.90 Å². The van der Waals surface area contributed by atoms with E-state index >= 15 is 0 Å². The Labute approximate surface area is 123 Å². The Balaban J connectivity index is 1.80. The van der Waals surface area contributed by atoms with Gasteiger partial charge in [0.05, 0.1) is 6.04 Å². The monoisotopic (exact) mass is 282 g/mol. The Morgan fingerprint density at radius 3 is 2.76 bits per heavy atom. The molecule has 0 heterocycles. The van der Waals surface area contributed by atoms with Crippen molar-refractivity contribution in [2.45, 2.75) is 25.8 Å². The van der Waals surface area contributed by atoms with Crippen molar-refractivity contribution in [1.29, 1.82) is 0 Å². The third kappa shape index (κ3) is 2.84. The highest BCUT2D eigenvalue weighted by molar-refractivity contribution is 5.89. The summed E-state index contributed by atoms with van der Waals surface area (Å²) >= 11 is 0. The van der Waals surface area contributed by atoms with Crippen LogP contribution in [0.5, 0.6) is 5.75 Å². The molecule has 108 valence electrons. The van der Waals surface area contributed by atoms with E-state index in [1.54, 1.807) is 6.07 Å². The second kappa shape index (κ2) is 5.48. The number of amides is 1. The summed E-state index contributed by atoms with van der Waals surface area (Å²) in [5.74, 6) is 0.298. The molecule has 0 bridgehead atoms. The molecule has 0 aliphatic heterocycles. The number of hydrogen-bond donors (Lipinski definition) is 3. The predicted molar refractivity (Wildman–Crippen MR) is 83.5 cm³/mol. The van der Waals surface area contributed by atoms with E-state index in [4.69, 9.17) is 0 Å². The minimum atomic E-state index is -0.0803. The highest BCUT2D eigenvalue weighted by atomic mass is 16.3. The number of fused-ring (bicyclic) bond motifs is 1. The van der Waals surface area contributed by atoms with Crippen molar-refractivity contribution in [2.24, 2.45) is 0 Å². The number of nitrogens with one attached hydrogen (secondary N) is 2. The number of aromatic hydroxyl groups is 1. The number of anilines is 2. The van der Waals surface area contributed by atoms with Gasteiger partial charge in [-0.25, -0.2) is 0 Å². The fraction of sp³-hybridized carbons (Fsp3) is 0.235. The van der Waals surface area contributed by atoms with Gasteiger partial charge in [0.25, 0.3) is 0 Å². The van der Waals surface area contributed by atoms with Crippen LogP contribution < -0.4 is 10.6 Å². The number of carbonyl (C=O) groups is 1. The van der Waals surface area contributed by atoms with E-state index in [1.165, 1.54) is 6.92 Å². The van der Waals surface area contributed by atoms with Gasteiger partial charge in [-0.15, -0.1) is 0 Å². The lowest BCUT2D eigenvalue weighted by Crippen LogP contribution is -2.09. The van der Waals surface area contributed by atoms with Crippen molar-refractivity contribution >= 4 is 17.3 Å². The number of rotatable bonds is 3. The van der Waals surface area contributed by atoms with Crippen molar-refractivity contribution in [1.82, 2.24) is 0 Å². The number of phenols is 1. The Bertz CT molecular complexity index is 682. The van der Waals surface area contributed by atoms with E-state index in [0.717, 1.165) is 35.3 Å². The van der Waals surface area contributed by atoms with Gasteiger partial charge in [0.1, 0.15) is 5.75 Å². The van der Waals surface area contributed by atoms with Gasteiger partial charge in [-0.05, 0) is 48.2 Å². The summed E-state index contributed by atoms with van der Waals surface area (Å²) in [6, 6.07) is 13.5. The van der Waals surface area contributed by atoms with Crippen LogP contribution in [0.4, 0.5) is 11.4 Å². The molecule has 0 radical (unpaired) electrons.